The lowest BCUT2D eigenvalue weighted by atomic mass is 10.2. The zero-order valence-electron chi connectivity index (χ0n) is 18.7. The van der Waals surface area contributed by atoms with E-state index in [1.807, 2.05) is 67.3 Å². The van der Waals surface area contributed by atoms with Crippen LogP contribution in [0.5, 0.6) is 17.4 Å². The van der Waals surface area contributed by atoms with Crippen molar-refractivity contribution in [3.05, 3.63) is 64.8 Å². The monoisotopic (exact) mass is 453 g/mol. The van der Waals surface area contributed by atoms with Gasteiger partial charge in [0, 0.05) is 18.0 Å². The fourth-order valence-electron chi connectivity index (χ4n) is 3.67. The van der Waals surface area contributed by atoms with E-state index < -0.39 is 0 Å². The molecule has 2 aromatic carbocycles. The molecular weight excluding hydrogens is 426 g/mol. The van der Waals surface area contributed by atoms with E-state index in [0.29, 0.717) is 41.3 Å². The van der Waals surface area contributed by atoms with Crippen LogP contribution in [0.3, 0.4) is 0 Å². The average molecular weight is 454 g/mol. The van der Waals surface area contributed by atoms with Crippen LogP contribution in [0.15, 0.2) is 48.5 Å². The van der Waals surface area contributed by atoms with Crippen molar-refractivity contribution in [2.24, 2.45) is 5.92 Å². The Hall–Kier alpha value is -2.99. The second-order valence-electron chi connectivity index (χ2n) is 8.08. The molecule has 3 aromatic rings. The number of carbonyl (C=O) groups excluding carboxylic acids is 1. The van der Waals surface area contributed by atoms with Crippen LogP contribution in [0.2, 0.25) is 5.02 Å². The highest BCUT2D eigenvalue weighted by molar-refractivity contribution is 6.30. The highest BCUT2D eigenvalue weighted by atomic mass is 35.5. The van der Waals surface area contributed by atoms with Crippen LogP contribution in [0, 0.1) is 12.8 Å². The van der Waals surface area contributed by atoms with Crippen LogP contribution < -0.4 is 9.47 Å². The Labute approximate surface area is 193 Å². The Morgan fingerprint density at radius 3 is 2.47 bits per heavy atom. The van der Waals surface area contributed by atoms with E-state index in [1.54, 1.807) is 11.8 Å². The number of rotatable bonds is 9. The number of hydrogen-bond donors (Lipinski definition) is 0. The number of para-hydroxylation sites is 2. The smallest absolute Gasteiger partial charge is 0.228 e. The molecule has 0 N–H and O–H groups in total. The van der Waals surface area contributed by atoms with Crippen LogP contribution in [-0.2, 0) is 11.3 Å². The molecule has 0 atom stereocenters. The van der Waals surface area contributed by atoms with Gasteiger partial charge < -0.3 is 14.4 Å². The molecule has 1 aromatic heterocycles. The second-order valence-corrected chi connectivity index (χ2v) is 8.52. The number of aromatic nitrogens is 2. The summed E-state index contributed by atoms with van der Waals surface area (Å²) in [7, 11) is 1.61. The molecule has 1 fully saturated rings. The summed E-state index contributed by atoms with van der Waals surface area (Å²) in [5.74, 6) is 2.51. The molecule has 1 heterocycles. The highest BCUT2D eigenvalue weighted by Crippen LogP contribution is 2.37. The first-order valence-corrected chi connectivity index (χ1v) is 11.3. The Kier molecular flexibility index (Phi) is 6.70. The van der Waals surface area contributed by atoms with E-state index in [4.69, 9.17) is 26.2 Å². The summed E-state index contributed by atoms with van der Waals surface area (Å²) in [6.07, 6.45) is 2.84. The van der Waals surface area contributed by atoms with Gasteiger partial charge in [-0.25, -0.2) is 4.68 Å². The van der Waals surface area contributed by atoms with Crippen molar-refractivity contribution in [2.75, 3.05) is 13.7 Å². The van der Waals surface area contributed by atoms with Gasteiger partial charge in [0.2, 0.25) is 11.8 Å². The standard InChI is InChI=1S/C25H28ClN3O3/c1-4-24(30)28(15-18-9-10-18)16-21-17(2)27-29(20-13-11-19(26)12-14-20)25(21)32-23-8-6-5-7-22(23)31-3/h5-8,11-14,18H,4,9-10,15-16H2,1-3H3. The summed E-state index contributed by atoms with van der Waals surface area (Å²) in [5, 5.41) is 5.41. The van der Waals surface area contributed by atoms with E-state index in [9.17, 15) is 4.79 Å². The number of amides is 1. The maximum atomic E-state index is 12.7. The van der Waals surface area contributed by atoms with Crippen LogP contribution in [0.4, 0.5) is 0 Å². The lowest BCUT2D eigenvalue weighted by Gasteiger charge is -2.23. The maximum Gasteiger partial charge on any atom is 0.228 e. The summed E-state index contributed by atoms with van der Waals surface area (Å²) in [6.45, 7) is 5.07. The van der Waals surface area contributed by atoms with E-state index in [0.717, 1.165) is 23.5 Å². The second kappa shape index (κ2) is 9.65. The van der Waals surface area contributed by atoms with Crippen molar-refractivity contribution in [2.45, 2.75) is 39.7 Å². The Bertz CT molecular complexity index is 1090. The zero-order chi connectivity index (χ0) is 22.7. The van der Waals surface area contributed by atoms with Crippen molar-refractivity contribution in [1.29, 1.82) is 0 Å². The molecule has 1 aliphatic carbocycles. The van der Waals surface area contributed by atoms with E-state index in [1.165, 1.54) is 12.8 Å². The molecule has 1 amide bonds. The van der Waals surface area contributed by atoms with Gasteiger partial charge in [-0.15, -0.1) is 0 Å². The van der Waals surface area contributed by atoms with Crippen LogP contribution in [-0.4, -0.2) is 34.2 Å². The zero-order valence-corrected chi connectivity index (χ0v) is 19.4. The van der Waals surface area contributed by atoms with Crippen molar-refractivity contribution in [3.8, 4) is 23.1 Å². The SMILES string of the molecule is CCC(=O)N(Cc1c(C)nn(-c2ccc(Cl)cc2)c1Oc1ccccc1OC)CC1CC1. The minimum Gasteiger partial charge on any atom is -0.493 e. The van der Waals surface area contributed by atoms with Gasteiger partial charge in [-0.2, -0.15) is 5.10 Å². The first-order valence-electron chi connectivity index (χ1n) is 10.9. The van der Waals surface area contributed by atoms with E-state index in [2.05, 4.69) is 0 Å². The fourth-order valence-corrected chi connectivity index (χ4v) is 3.80. The molecule has 4 rings (SSSR count). The predicted octanol–water partition coefficient (Wildman–Crippen LogP) is 5.78. The summed E-state index contributed by atoms with van der Waals surface area (Å²) < 4.78 is 13.7. The lowest BCUT2D eigenvalue weighted by Crippen LogP contribution is -2.32. The van der Waals surface area contributed by atoms with E-state index in [-0.39, 0.29) is 5.91 Å². The van der Waals surface area contributed by atoms with Crippen molar-refractivity contribution in [3.63, 3.8) is 0 Å². The molecular formula is C25H28ClN3O3. The Balaban J connectivity index is 1.77. The summed E-state index contributed by atoms with van der Waals surface area (Å²) in [4.78, 5) is 14.6. The highest BCUT2D eigenvalue weighted by Gasteiger charge is 2.29. The third-order valence-corrected chi connectivity index (χ3v) is 5.92. The normalized spacial score (nSPS) is 13.1. The van der Waals surface area contributed by atoms with Crippen LogP contribution >= 0.6 is 11.6 Å². The predicted molar refractivity (Wildman–Crippen MR) is 125 cm³/mol. The topological polar surface area (TPSA) is 56.6 Å². The van der Waals surface area contributed by atoms with E-state index >= 15 is 0 Å². The molecule has 32 heavy (non-hydrogen) atoms. The molecule has 168 valence electrons. The fraction of sp³-hybridized carbons (Fsp3) is 0.360. The summed E-state index contributed by atoms with van der Waals surface area (Å²) >= 11 is 6.10. The van der Waals surface area contributed by atoms with Crippen LogP contribution in [0.25, 0.3) is 5.69 Å². The van der Waals surface area contributed by atoms with Gasteiger partial charge in [0.15, 0.2) is 11.5 Å². The summed E-state index contributed by atoms with van der Waals surface area (Å²) in [6, 6.07) is 14.9. The molecule has 0 radical (unpaired) electrons. The largest absolute Gasteiger partial charge is 0.493 e. The number of ether oxygens (including phenoxy) is 2. The van der Waals surface area contributed by atoms with Gasteiger partial charge in [-0.3, -0.25) is 4.79 Å². The van der Waals surface area contributed by atoms with Gasteiger partial charge >= 0.3 is 0 Å². The third kappa shape index (κ3) is 4.91. The van der Waals surface area contributed by atoms with Gasteiger partial charge in [-0.05, 0) is 62.1 Å². The maximum absolute atomic E-state index is 12.7. The number of benzene rings is 2. The minimum atomic E-state index is 0.138. The molecule has 7 heteroatoms. The lowest BCUT2D eigenvalue weighted by molar-refractivity contribution is -0.131. The molecule has 0 aliphatic heterocycles. The number of methoxy groups -OCH3 is 1. The minimum absolute atomic E-state index is 0.138. The number of hydrogen-bond acceptors (Lipinski definition) is 4. The van der Waals surface area contributed by atoms with Gasteiger partial charge in [0.1, 0.15) is 0 Å². The first kappa shape index (κ1) is 22.2. The third-order valence-electron chi connectivity index (χ3n) is 5.66. The Morgan fingerprint density at radius 1 is 1.16 bits per heavy atom. The molecule has 0 unspecified atom stereocenters. The number of aryl methyl sites for hydroxylation is 1. The average Bonchev–Trinajstić information content (AvgIpc) is 3.58. The molecule has 1 saturated carbocycles. The van der Waals surface area contributed by atoms with Crippen molar-refractivity contribution >= 4 is 17.5 Å². The van der Waals surface area contributed by atoms with Gasteiger partial charge in [0.25, 0.3) is 0 Å². The summed E-state index contributed by atoms with van der Waals surface area (Å²) in [5.41, 5.74) is 2.52. The number of halogens is 1. The van der Waals surface area contributed by atoms with Crippen molar-refractivity contribution in [1.82, 2.24) is 14.7 Å². The molecule has 6 nitrogen and oxygen atoms in total. The van der Waals surface area contributed by atoms with Gasteiger partial charge in [-0.1, -0.05) is 30.7 Å². The molecule has 0 saturated heterocycles. The molecule has 0 spiro atoms. The molecule has 0 bridgehead atoms. The van der Waals surface area contributed by atoms with Crippen molar-refractivity contribution < 1.29 is 14.3 Å². The number of carbonyl (C=O) groups is 1. The Morgan fingerprint density at radius 2 is 1.84 bits per heavy atom. The molecule has 1 aliphatic rings. The quantitative estimate of drug-likeness (QED) is 0.412. The van der Waals surface area contributed by atoms with Crippen LogP contribution in [0.1, 0.15) is 37.4 Å². The number of nitrogens with zero attached hydrogens (tertiary/aromatic N) is 3. The first-order chi connectivity index (χ1) is 15.5. The van der Waals surface area contributed by atoms with Gasteiger partial charge in [0.05, 0.1) is 30.6 Å².